The highest BCUT2D eigenvalue weighted by Crippen LogP contribution is 2.13. The van der Waals surface area contributed by atoms with Crippen LogP contribution in [0.1, 0.15) is 22.9 Å². The number of rotatable bonds is 5. The minimum Gasteiger partial charge on any atom is -0.497 e. The summed E-state index contributed by atoms with van der Waals surface area (Å²) in [5.41, 5.74) is 2.10. The number of nitrogens with one attached hydrogen (secondary N) is 1. The molecule has 0 bridgehead atoms. The lowest BCUT2D eigenvalue weighted by Gasteiger charge is -2.21. The molecule has 1 aromatic carbocycles. The molecule has 0 aliphatic rings. The molecule has 6 nitrogen and oxygen atoms in total. The maximum Gasteiger partial charge on any atom is 0.214 e. The van der Waals surface area contributed by atoms with Gasteiger partial charge in [0.1, 0.15) is 11.5 Å². The highest BCUT2D eigenvalue weighted by molar-refractivity contribution is 14.0. The Balaban J connectivity index is 0.00000288. The number of benzene rings is 1. The van der Waals surface area contributed by atoms with E-state index < -0.39 is 0 Å². The molecule has 2 aromatic rings. The Morgan fingerprint density at radius 2 is 1.96 bits per heavy atom. The summed E-state index contributed by atoms with van der Waals surface area (Å²) in [4.78, 5) is 10.7. The van der Waals surface area contributed by atoms with Crippen LogP contribution in [-0.2, 0) is 13.1 Å². The summed E-state index contributed by atoms with van der Waals surface area (Å²) >= 11 is 0. The molecule has 24 heavy (non-hydrogen) atoms. The Kier molecular flexibility index (Phi) is 8.03. The van der Waals surface area contributed by atoms with Crippen molar-refractivity contribution in [1.29, 1.82) is 0 Å². The van der Waals surface area contributed by atoms with Crippen molar-refractivity contribution < 1.29 is 9.15 Å². The van der Waals surface area contributed by atoms with Crippen LogP contribution in [0.3, 0.4) is 0 Å². The molecule has 132 valence electrons. The van der Waals surface area contributed by atoms with Crippen molar-refractivity contribution in [1.82, 2.24) is 15.2 Å². The molecular formula is C17H25IN4O2. The highest BCUT2D eigenvalue weighted by atomic mass is 127. The van der Waals surface area contributed by atoms with Crippen molar-refractivity contribution in [3.8, 4) is 5.75 Å². The standard InChI is InChI=1S/C17H24N4O2.HI/c1-12-13(2)23-16(20-12)10-19-17(18-3)21(4)11-14-6-8-15(22-5)9-7-14;/h6-9H,10-11H2,1-5H3,(H,18,19);1H. The van der Waals surface area contributed by atoms with Crippen LogP contribution >= 0.6 is 24.0 Å². The molecule has 1 heterocycles. The van der Waals surface area contributed by atoms with E-state index >= 15 is 0 Å². The smallest absolute Gasteiger partial charge is 0.214 e. The number of oxazole rings is 1. The SMILES string of the molecule is CN=C(NCc1nc(C)c(C)o1)N(C)Cc1ccc(OC)cc1.I. The summed E-state index contributed by atoms with van der Waals surface area (Å²) in [6.45, 7) is 5.10. The van der Waals surface area contributed by atoms with E-state index in [0.29, 0.717) is 12.4 Å². The van der Waals surface area contributed by atoms with Gasteiger partial charge < -0.3 is 19.4 Å². The first-order valence-electron chi connectivity index (χ1n) is 7.51. The second kappa shape index (κ2) is 9.51. The Morgan fingerprint density at radius 1 is 1.29 bits per heavy atom. The first kappa shape index (κ1) is 20.3. The van der Waals surface area contributed by atoms with Gasteiger partial charge in [-0.15, -0.1) is 24.0 Å². The van der Waals surface area contributed by atoms with Crippen LogP contribution in [0.25, 0.3) is 0 Å². The van der Waals surface area contributed by atoms with E-state index in [1.54, 1.807) is 14.2 Å². The van der Waals surface area contributed by atoms with Gasteiger partial charge in [0.2, 0.25) is 5.89 Å². The van der Waals surface area contributed by atoms with Gasteiger partial charge in [0.05, 0.1) is 19.3 Å². The molecular weight excluding hydrogens is 419 g/mol. The van der Waals surface area contributed by atoms with Crippen LogP contribution in [0, 0.1) is 13.8 Å². The summed E-state index contributed by atoms with van der Waals surface area (Å²) < 4.78 is 10.7. The minimum absolute atomic E-state index is 0. The van der Waals surface area contributed by atoms with E-state index in [4.69, 9.17) is 9.15 Å². The molecule has 0 amide bonds. The second-order valence-electron chi connectivity index (χ2n) is 5.35. The Labute approximate surface area is 160 Å². The minimum atomic E-state index is 0. The molecule has 0 saturated heterocycles. The normalized spacial score (nSPS) is 11.0. The molecule has 1 aromatic heterocycles. The third-order valence-corrected chi connectivity index (χ3v) is 3.62. The van der Waals surface area contributed by atoms with E-state index in [2.05, 4.69) is 15.3 Å². The number of nitrogens with zero attached hydrogens (tertiary/aromatic N) is 3. The third-order valence-electron chi connectivity index (χ3n) is 3.62. The third kappa shape index (κ3) is 5.40. The van der Waals surface area contributed by atoms with Crippen molar-refractivity contribution in [2.24, 2.45) is 4.99 Å². The van der Waals surface area contributed by atoms with Crippen molar-refractivity contribution in [3.05, 3.63) is 47.2 Å². The summed E-state index contributed by atoms with van der Waals surface area (Å²) in [7, 11) is 5.42. The number of methoxy groups -OCH3 is 1. The van der Waals surface area contributed by atoms with Gasteiger partial charge in [-0.2, -0.15) is 0 Å². The second-order valence-corrected chi connectivity index (χ2v) is 5.35. The molecule has 0 spiro atoms. The summed E-state index contributed by atoms with van der Waals surface area (Å²) in [5.74, 6) is 3.16. The van der Waals surface area contributed by atoms with Gasteiger partial charge >= 0.3 is 0 Å². The fraction of sp³-hybridized carbons (Fsp3) is 0.412. The van der Waals surface area contributed by atoms with Crippen LogP contribution in [-0.4, -0.2) is 37.0 Å². The number of aryl methyl sites for hydroxylation is 2. The molecule has 2 rings (SSSR count). The van der Waals surface area contributed by atoms with Crippen LogP contribution in [0.5, 0.6) is 5.75 Å². The molecule has 0 atom stereocenters. The number of aromatic nitrogens is 1. The maximum absolute atomic E-state index is 5.57. The van der Waals surface area contributed by atoms with Crippen LogP contribution in [0.2, 0.25) is 0 Å². The van der Waals surface area contributed by atoms with Crippen molar-refractivity contribution in [2.45, 2.75) is 26.9 Å². The predicted octanol–water partition coefficient (Wildman–Crippen LogP) is 3.13. The lowest BCUT2D eigenvalue weighted by Crippen LogP contribution is -2.38. The molecule has 0 saturated carbocycles. The van der Waals surface area contributed by atoms with E-state index in [9.17, 15) is 0 Å². The monoisotopic (exact) mass is 444 g/mol. The fourth-order valence-corrected chi connectivity index (χ4v) is 2.23. The number of hydrogen-bond donors (Lipinski definition) is 1. The molecule has 7 heteroatoms. The van der Waals surface area contributed by atoms with Crippen molar-refractivity contribution in [3.63, 3.8) is 0 Å². The van der Waals surface area contributed by atoms with Gasteiger partial charge in [-0.05, 0) is 31.5 Å². The van der Waals surface area contributed by atoms with E-state index in [-0.39, 0.29) is 24.0 Å². The number of guanidine groups is 1. The number of hydrogen-bond acceptors (Lipinski definition) is 4. The van der Waals surface area contributed by atoms with Crippen LogP contribution in [0.15, 0.2) is 33.7 Å². The molecule has 1 N–H and O–H groups in total. The topological polar surface area (TPSA) is 62.9 Å². The van der Waals surface area contributed by atoms with E-state index in [1.807, 2.05) is 50.1 Å². The quantitative estimate of drug-likeness (QED) is 0.436. The Bertz CT molecular complexity index is 648. The van der Waals surface area contributed by atoms with Gasteiger partial charge in [-0.25, -0.2) is 4.98 Å². The van der Waals surface area contributed by atoms with Crippen LogP contribution < -0.4 is 10.1 Å². The zero-order valence-electron chi connectivity index (χ0n) is 14.8. The number of halogens is 1. The molecule has 0 radical (unpaired) electrons. The summed E-state index contributed by atoms with van der Waals surface area (Å²) in [5, 5.41) is 3.26. The van der Waals surface area contributed by atoms with Gasteiger partial charge in [-0.1, -0.05) is 12.1 Å². The number of aliphatic imine (C=N–C) groups is 1. The van der Waals surface area contributed by atoms with Gasteiger partial charge in [0, 0.05) is 20.6 Å². The average Bonchev–Trinajstić information content (AvgIpc) is 2.87. The fourth-order valence-electron chi connectivity index (χ4n) is 2.23. The summed E-state index contributed by atoms with van der Waals surface area (Å²) in [6, 6.07) is 8.00. The average molecular weight is 444 g/mol. The first-order valence-corrected chi connectivity index (χ1v) is 7.51. The zero-order chi connectivity index (χ0) is 16.8. The Morgan fingerprint density at radius 3 is 2.46 bits per heavy atom. The number of ether oxygens (including phenoxy) is 1. The lowest BCUT2D eigenvalue weighted by atomic mass is 10.2. The van der Waals surface area contributed by atoms with Crippen LogP contribution in [0.4, 0.5) is 0 Å². The lowest BCUT2D eigenvalue weighted by molar-refractivity contribution is 0.414. The highest BCUT2D eigenvalue weighted by Gasteiger charge is 2.10. The largest absolute Gasteiger partial charge is 0.497 e. The first-order chi connectivity index (χ1) is 11.0. The molecule has 0 aliphatic carbocycles. The van der Waals surface area contributed by atoms with Crippen molar-refractivity contribution >= 4 is 29.9 Å². The predicted molar refractivity (Wildman–Crippen MR) is 106 cm³/mol. The maximum atomic E-state index is 5.57. The van der Waals surface area contributed by atoms with E-state index in [1.165, 1.54) is 5.56 Å². The van der Waals surface area contributed by atoms with Gasteiger partial charge in [0.25, 0.3) is 0 Å². The molecule has 0 unspecified atom stereocenters. The van der Waals surface area contributed by atoms with Gasteiger partial charge in [-0.3, -0.25) is 4.99 Å². The zero-order valence-corrected chi connectivity index (χ0v) is 17.1. The summed E-state index contributed by atoms with van der Waals surface area (Å²) in [6.07, 6.45) is 0. The van der Waals surface area contributed by atoms with E-state index in [0.717, 1.165) is 29.7 Å². The van der Waals surface area contributed by atoms with Crippen molar-refractivity contribution in [2.75, 3.05) is 21.2 Å². The molecule has 0 aliphatic heterocycles. The molecule has 0 fully saturated rings. The van der Waals surface area contributed by atoms with Gasteiger partial charge in [0.15, 0.2) is 5.96 Å². The Hall–Kier alpha value is -1.77.